The van der Waals surface area contributed by atoms with E-state index in [1.165, 1.54) is 5.56 Å². The summed E-state index contributed by atoms with van der Waals surface area (Å²) in [6.45, 7) is 0.708. The molecule has 0 spiro atoms. The van der Waals surface area contributed by atoms with Crippen molar-refractivity contribution in [3.05, 3.63) is 47.2 Å². The maximum Gasteiger partial charge on any atom is 0.146 e. The molecule has 17 heavy (non-hydrogen) atoms. The fraction of sp³-hybridized carbons (Fsp3) is 0.467. The Morgan fingerprint density at radius 2 is 2.06 bits per heavy atom. The standard InChI is InChI=1S/C15H18O2/c16-15(14-9-5-11-17-14)10-4-3-7-12-6-1-2-8-13(12)15/h1-2,6,8-9,16H,3-5,7,10-11H2. The lowest BCUT2D eigenvalue weighted by Gasteiger charge is -2.29. The minimum Gasteiger partial charge on any atom is -0.494 e. The average molecular weight is 230 g/mol. The molecule has 1 aliphatic carbocycles. The molecule has 1 unspecified atom stereocenters. The van der Waals surface area contributed by atoms with Gasteiger partial charge in [0, 0.05) is 6.42 Å². The lowest BCUT2D eigenvalue weighted by atomic mass is 9.86. The number of hydrogen-bond acceptors (Lipinski definition) is 2. The van der Waals surface area contributed by atoms with Crippen LogP contribution in [0.25, 0.3) is 0 Å². The van der Waals surface area contributed by atoms with Crippen LogP contribution < -0.4 is 0 Å². The zero-order valence-corrected chi connectivity index (χ0v) is 9.98. The number of benzene rings is 1. The van der Waals surface area contributed by atoms with Crippen molar-refractivity contribution < 1.29 is 9.84 Å². The van der Waals surface area contributed by atoms with Crippen LogP contribution in [0.1, 0.15) is 36.8 Å². The van der Waals surface area contributed by atoms with Gasteiger partial charge in [0.1, 0.15) is 11.4 Å². The van der Waals surface area contributed by atoms with Gasteiger partial charge in [-0.1, -0.05) is 24.3 Å². The number of hydrogen-bond donors (Lipinski definition) is 1. The lowest BCUT2D eigenvalue weighted by molar-refractivity contribution is 0.00792. The second-order valence-corrected chi connectivity index (χ2v) is 4.93. The molecule has 1 N–H and O–H groups in total. The minimum absolute atomic E-state index is 0.708. The molecule has 0 bridgehead atoms. The molecule has 1 heterocycles. The third-order valence-electron chi connectivity index (χ3n) is 3.81. The van der Waals surface area contributed by atoms with Crippen LogP contribution >= 0.6 is 0 Å². The van der Waals surface area contributed by atoms with Gasteiger partial charge in [0.25, 0.3) is 0 Å². The number of aliphatic hydroxyl groups is 1. The molecule has 0 saturated heterocycles. The Labute approximate surface area is 102 Å². The van der Waals surface area contributed by atoms with E-state index in [4.69, 9.17) is 4.74 Å². The molecule has 1 aromatic carbocycles. The first-order valence-electron chi connectivity index (χ1n) is 6.45. The summed E-state index contributed by atoms with van der Waals surface area (Å²) in [6.07, 6.45) is 6.99. The molecule has 1 aromatic rings. The molecule has 2 heteroatoms. The number of ether oxygens (including phenoxy) is 1. The van der Waals surface area contributed by atoms with Crippen LogP contribution in [0.5, 0.6) is 0 Å². The summed E-state index contributed by atoms with van der Waals surface area (Å²) in [4.78, 5) is 0. The highest BCUT2D eigenvalue weighted by atomic mass is 16.5. The minimum atomic E-state index is -0.885. The SMILES string of the molecule is OC1(C2=CCCO2)CCCCc2ccccc21. The zero-order valence-electron chi connectivity index (χ0n) is 9.98. The van der Waals surface area contributed by atoms with Gasteiger partial charge in [-0.05, 0) is 42.9 Å². The first kappa shape index (κ1) is 10.8. The normalized spacial score (nSPS) is 27.9. The van der Waals surface area contributed by atoms with Gasteiger partial charge >= 0.3 is 0 Å². The highest BCUT2D eigenvalue weighted by molar-refractivity contribution is 5.39. The van der Waals surface area contributed by atoms with E-state index in [-0.39, 0.29) is 0 Å². The molecule has 0 saturated carbocycles. The van der Waals surface area contributed by atoms with Crippen LogP contribution in [-0.2, 0) is 16.8 Å². The van der Waals surface area contributed by atoms with Crippen LogP contribution in [0.15, 0.2) is 36.1 Å². The van der Waals surface area contributed by atoms with E-state index in [1.54, 1.807) is 0 Å². The Morgan fingerprint density at radius 3 is 2.88 bits per heavy atom. The molecule has 0 amide bonds. The Morgan fingerprint density at radius 1 is 1.18 bits per heavy atom. The predicted molar refractivity (Wildman–Crippen MR) is 66.5 cm³/mol. The molecule has 0 radical (unpaired) electrons. The van der Waals surface area contributed by atoms with Crippen molar-refractivity contribution in [3.63, 3.8) is 0 Å². The number of aryl methyl sites for hydroxylation is 1. The third kappa shape index (κ3) is 1.77. The number of fused-ring (bicyclic) bond motifs is 1. The van der Waals surface area contributed by atoms with Crippen molar-refractivity contribution in [1.82, 2.24) is 0 Å². The summed E-state index contributed by atoms with van der Waals surface area (Å²) in [5, 5.41) is 11.0. The highest BCUT2D eigenvalue weighted by Gasteiger charge is 2.39. The van der Waals surface area contributed by atoms with Crippen LogP contribution in [0.4, 0.5) is 0 Å². The van der Waals surface area contributed by atoms with Crippen LogP contribution in [0, 0.1) is 0 Å². The third-order valence-corrected chi connectivity index (χ3v) is 3.81. The second kappa shape index (κ2) is 4.19. The maximum absolute atomic E-state index is 11.0. The lowest BCUT2D eigenvalue weighted by Crippen LogP contribution is -2.29. The quantitative estimate of drug-likeness (QED) is 0.752. The number of rotatable bonds is 1. The van der Waals surface area contributed by atoms with Crippen molar-refractivity contribution in [2.75, 3.05) is 6.61 Å². The van der Waals surface area contributed by atoms with Crippen LogP contribution in [-0.4, -0.2) is 11.7 Å². The van der Waals surface area contributed by atoms with Crippen LogP contribution in [0.2, 0.25) is 0 Å². The van der Waals surface area contributed by atoms with E-state index < -0.39 is 5.60 Å². The van der Waals surface area contributed by atoms with Crippen molar-refractivity contribution >= 4 is 0 Å². The molecule has 1 aliphatic heterocycles. The van der Waals surface area contributed by atoms with Gasteiger partial charge in [-0.3, -0.25) is 0 Å². The predicted octanol–water partition coefficient (Wildman–Crippen LogP) is 2.90. The molecular formula is C15H18O2. The highest BCUT2D eigenvalue weighted by Crippen LogP contribution is 2.41. The fourth-order valence-electron chi connectivity index (χ4n) is 2.93. The Bertz CT molecular complexity index is 450. The molecule has 0 fully saturated rings. The maximum atomic E-state index is 11.0. The van der Waals surface area contributed by atoms with Crippen molar-refractivity contribution in [2.45, 2.75) is 37.7 Å². The van der Waals surface area contributed by atoms with E-state index in [1.807, 2.05) is 18.2 Å². The van der Waals surface area contributed by atoms with Gasteiger partial charge in [-0.2, -0.15) is 0 Å². The van der Waals surface area contributed by atoms with E-state index >= 15 is 0 Å². The molecule has 3 rings (SSSR count). The Kier molecular flexibility index (Phi) is 2.67. The summed E-state index contributed by atoms with van der Waals surface area (Å²) >= 11 is 0. The zero-order chi connectivity index (χ0) is 11.7. The van der Waals surface area contributed by atoms with Gasteiger partial charge in [0.2, 0.25) is 0 Å². The molecule has 90 valence electrons. The monoisotopic (exact) mass is 230 g/mol. The van der Waals surface area contributed by atoms with E-state index in [0.29, 0.717) is 6.61 Å². The van der Waals surface area contributed by atoms with E-state index in [0.717, 1.165) is 43.4 Å². The molecule has 0 aromatic heterocycles. The fourth-order valence-corrected chi connectivity index (χ4v) is 2.93. The van der Waals surface area contributed by atoms with Crippen molar-refractivity contribution in [1.29, 1.82) is 0 Å². The summed E-state index contributed by atoms with van der Waals surface area (Å²) < 4.78 is 5.62. The van der Waals surface area contributed by atoms with Crippen molar-refractivity contribution in [3.8, 4) is 0 Å². The summed E-state index contributed by atoms with van der Waals surface area (Å²) in [5.74, 6) is 0.770. The average Bonchev–Trinajstić information content (AvgIpc) is 2.84. The van der Waals surface area contributed by atoms with Gasteiger partial charge in [-0.15, -0.1) is 0 Å². The Balaban J connectivity index is 2.09. The van der Waals surface area contributed by atoms with E-state index in [2.05, 4.69) is 12.1 Å². The molecule has 1 atom stereocenters. The molecular weight excluding hydrogens is 212 g/mol. The van der Waals surface area contributed by atoms with Gasteiger partial charge in [0.05, 0.1) is 6.61 Å². The summed E-state index contributed by atoms with van der Waals surface area (Å²) in [6, 6.07) is 8.23. The largest absolute Gasteiger partial charge is 0.494 e. The van der Waals surface area contributed by atoms with Gasteiger partial charge in [-0.25, -0.2) is 0 Å². The van der Waals surface area contributed by atoms with Crippen molar-refractivity contribution in [2.24, 2.45) is 0 Å². The summed E-state index contributed by atoms with van der Waals surface area (Å²) in [5.41, 5.74) is 1.43. The van der Waals surface area contributed by atoms with Crippen LogP contribution in [0.3, 0.4) is 0 Å². The Hall–Kier alpha value is -1.28. The molecule has 2 nitrogen and oxygen atoms in total. The van der Waals surface area contributed by atoms with Gasteiger partial charge in [0.15, 0.2) is 0 Å². The smallest absolute Gasteiger partial charge is 0.146 e. The molecule has 2 aliphatic rings. The first-order valence-corrected chi connectivity index (χ1v) is 6.45. The summed E-state index contributed by atoms with van der Waals surface area (Å²) in [7, 11) is 0. The second-order valence-electron chi connectivity index (χ2n) is 4.93. The van der Waals surface area contributed by atoms with Gasteiger partial charge < -0.3 is 9.84 Å². The van der Waals surface area contributed by atoms with E-state index in [9.17, 15) is 5.11 Å². The first-order chi connectivity index (χ1) is 8.31. The topological polar surface area (TPSA) is 29.5 Å².